The number of hydrogen-bond acceptors (Lipinski definition) is 9. The van der Waals surface area contributed by atoms with Crippen LogP contribution in [0, 0.1) is 0 Å². The number of fused-ring (bicyclic) bond motifs is 1. The summed E-state index contributed by atoms with van der Waals surface area (Å²) in [5.41, 5.74) is 7.90. The fraction of sp³-hybridized carbons (Fsp3) is 0.400. The molecule has 10 heteroatoms. The SMILES string of the molecule is COc1cc(CCC(=O)OCCCn2cnc3c(N)ncnc32)cc(OC)c1OC. The Balaban J connectivity index is 1.48. The monoisotopic (exact) mass is 415 g/mol. The molecule has 3 aromatic rings. The molecule has 0 radical (unpaired) electrons. The van der Waals surface area contributed by atoms with Gasteiger partial charge in [-0.25, -0.2) is 15.0 Å². The van der Waals surface area contributed by atoms with Gasteiger partial charge < -0.3 is 29.2 Å². The number of aromatic nitrogens is 4. The summed E-state index contributed by atoms with van der Waals surface area (Å²) >= 11 is 0. The summed E-state index contributed by atoms with van der Waals surface area (Å²) in [5, 5.41) is 0. The number of methoxy groups -OCH3 is 3. The van der Waals surface area contributed by atoms with Crippen molar-refractivity contribution in [3.8, 4) is 17.2 Å². The van der Waals surface area contributed by atoms with Gasteiger partial charge in [-0.1, -0.05) is 0 Å². The molecule has 30 heavy (non-hydrogen) atoms. The molecular formula is C20H25N5O5. The molecule has 0 fully saturated rings. The molecule has 0 aliphatic carbocycles. The van der Waals surface area contributed by atoms with Crippen molar-refractivity contribution in [3.05, 3.63) is 30.4 Å². The van der Waals surface area contributed by atoms with Crippen LogP contribution >= 0.6 is 0 Å². The molecule has 2 aromatic heterocycles. The molecule has 3 rings (SSSR count). The van der Waals surface area contributed by atoms with E-state index in [1.54, 1.807) is 27.7 Å². The van der Waals surface area contributed by atoms with Gasteiger partial charge in [0.15, 0.2) is 23.0 Å². The molecule has 0 unspecified atom stereocenters. The molecular weight excluding hydrogens is 390 g/mol. The molecule has 0 spiro atoms. The second-order valence-corrected chi connectivity index (χ2v) is 6.48. The molecule has 2 N–H and O–H groups in total. The molecule has 160 valence electrons. The van der Waals surface area contributed by atoms with Crippen LogP contribution in [0.25, 0.3) is 11.2 Å². The molecule has 0 bridgehead atoms. The highest BCUT2D eigenvalue weighted by atomic mass is 16.5. The van der Waals surface area contributed by atoms with Crippen molar-refractivity contribution in [1.29, 1.82) is 0 Å². The van der Waals surface area contributed by atoms with E-state index >= 15 is 0 Å². The van der Waals surface area contributed by atoms with Crippen molar-refractivity contribution in [1.82, 2.24) is 19.5 Å². The Labute approximate surface area is 173 Å². The molecule has 0 aliphatic rings. The minimum absolute atomic E-state index is 0.246. The topological polar surface area (TPSA) is 124 Å². The first-order chi connectivity index (χ1) is 14.6. The van der Waals surface area contributed by atoms with Gasteiger partial charge in [0, 0.05) is 13.0 Å². The predicted octanol–water partition coefficient (Wildman–Crippen LogP) is 2.00. The number of imidazole rings is 1. The largest absolute Gasteiger partial charge is 0.493 e. The fourth-order valence-corrected chi connectivity index (χ4v) is 3.08. The van der Waals surface area contributed by atoms with Gasteiger partial charge in [0.2, 0.25) is 5.75 Å². The average Bonchev–Trinajstić information content (AvgIpc) is 3.18. The average molecular weight is 415 g/mol. The molecule has 1 aromatic carbocycles. The van der Waals surface area contributed by atoms with Crippen LogP contribution in [0.3, 0.4) is 0 Å². The predicted molar refractivity (Wildman–Crippen MR) is 110 cm³/mol. The lowest BCUT2D eigenvalue weighted by atomic mass is 10.1. The van der Waals surface area contributed by atoms with E-state index in [2.05, 4.69) is 15.0 Å². The van der Waals surface area contributed by atoms with E-state index in [0.29, 0.717) is 60.2 Å². The van der Waals surface area contributed by atoms with Gasteiger partial charge in [-0.2, -0.15) is 0 Å². The zero-order valence-corrected chi connectivity index (χ0v) is 17.3. The van der Waals surface area contributed by atoms with Crippen LogP contribution in [0.4, 0.5) is 5.82 Å². The zero-order valence-electron chi connectivity index (χ0n) is 17.3. The third-order valence-corrected chi connectivity index (χ3v) is 4.58. The summed E-state index contributed by atoms with van der Waals surface area (Å²) in [7, 11) is 4.66. The number of nitrogens with two attached hydrogens (primary N) is 1. The van der Waals surface area contributed by atoms with Gasteiger partial charge in [0.1, 0.15) is 11.8 Å². The Kier molecular flexibility index (Phi) is 6.89. The van der Waals surface area contributed by atoms with Crippen LogP contribution in [0.2, 0.25) is 0 Å². The number of carbonyl (C=O) groups is 1. The lowest BCUT2D eigenvalue weighted by Gasteiger charge is -2.14. The summed E-state index contributed by atoms with van der Waals surface area (Å²) in [6.45, 7) is 0.904. The molecule has 0 atom stereocenters. The molecule has 0 saturated carbocycles. The van der Waals surface area contributed by atoms with Crippen molar-refractivity contribution in [2.24, 2.45) is 0 Å². The number of carbonyl (C=O) groups excluding carboxylic acids is 1. The quantitative estimate of drug-likeness (QED) is 0.391. The summed E-state index contributed by atoms with van der Waals surface area (Å²) in [6, 6.07) is 3.65. The van der Waals surface area contributed by atoms with E-state index in [0.717, 1.165) is 5.56 Å². The first-order valence-electron chi connectivity index (χ1n) is 9.43. The smallest absolute Gasteiger partial charge is 0.306 e. The number of rotatable bonds is 10. The number of ether oxygens (including phenoxy) is 4. The van der Waals surface area contributed by atoms with Crippen LogP contribution in [0.5, 0.6) is 17.2 Å². The van der Waals surface area contributed by atoms with Gasteiger partial charge >= 0.3 is 5.97 Å². The van der Waals surface area contributed by atoms with Gasteiger partial charge in [0.25, 0.3) is 0 Å². The number of nitrogens with zero attached hydrogens (tertiary/aromatic N) is 4. The number of aryl methyl sites for hydroxylation is 2. The second kappa shape index (κ2) is 9.77. The van der Waals surface area contributed by atoms with Crippen LogP contribution in [-0.4, -0.2) is 53.4 Å². The Morgan fingerprint density at radius 1 is 1.07 bits per heavy atom. The van der Waals surface area contributed by atoms with E-state index in [4.69, 9.17) is 24.7 Å². The normalized spacial score (nSPS) is 10.8. The van der Waals surface area contributed by atoms with E-state index in [1.807, 2.05) is 16.7 Å². The Hall–Kier alpha value is -3.56. The second-order valence-electron chi connectivity index (χ2n) is 6.48. The van der Waals surface area contributed by atoms with Gasteiger partial charge in [0.05, 0.1) is 34.3 Å². The van der Waals surface area contributed by atoms with Crippen molar-refractivity contribution in [3.63, 3.8) is 0 Å². The Morgan fingerprint density at radius 2 is 1.80 bits per heavy atom. The van der Waals surface area contributed by atoms with Crippen LogP contribution in [0.1, 0.15) is 18.4 Å². The van der Waals surface area contributed by atoms with Crippen molar-refractivity contribution in [2.75, 3.05) is 33.7 Å². The first-order valence-corrected chi connectivity index (χ1v) is 9.43. The number of anilines is 1. The van der Waals surface area contributed by atoms with Gasteiger partial charge in [-0.3, -0.25) is 4.79 Å². The highest BCUT2D eigenvalue weighted by Crippen LogP contribution is 2.38. The van der Waals surface area contributed by atoms with Crippen molar-refractivity contribution >= 4 is 23.0 Å². The maximum atomic E-state index is 12.1. The Morgan fingerprint density at radius 3 is 2.47 bits per heavy atom. The highest BCUT2D eigenvalue weighted by molar-refractivity contribution is 5.81. The summed E-state index contributed by atoms with van der Waals surface area (Å²) < 4.78 is 23.2. The van der Waals surface area contributed by atoms with Crippen LogP contribution in [0.15, 0.2) is 24.8 Å². The maximum Gasteiger partial charge on any atom is 0.306 e. The van der Waals surface area contributed by atoms with Crippen molar-refractivity contribution in [2.45, 2.75) is 25.8 Å². The number of benzene rings is 1. The summed E-state index contributed by atoms with van der Waals surface area (Å²) in [5.74, 6) is 1.70. The van der Waals surface area contributed by atoms with E-state index in [-0.39, 0.29) is 12.4 Å². The maximum absolute atomic E-state index is 12.1. The number of nitrogen functional groups attached to an aromatic ring is 1. The molecule has 2 heterocycles. The van der Waals surface area contributed by atoms with Crippen molar-refractivity contribution < 1.29 is 23.7 Å². The molecule has 0 aliphatic heterocycles. The minimum Gasteiger partial charge on any atom is -0.493 e. The lowest BCUT2D eigenvalue weighted by molar-refractivity contribution is -0.143. The van der Waals surface area contributed by atoms with E-state index in [9.17, 15) is 4.79 Å². The molecule has 10 nitrogen and oxygen atoms in total. The molecule has 0 saturated heterocycles. The lowest BCUT2D eigenvalue weighted by Crippen LogP contribution is -2.09. The molecule has 0 amide bonds. The Bertz CT molecular complexity index is 995. The third kappa shape index (κ3) is 4.70. The highest BCUT2D eigenvalue weighted by Gasteiger charge is 2.14. The van der Waals surface area contributed by atoms with Gasteiger partial charge in [-0.15, -0.1) is 0 Å². The first kappa shape index (κ1) is 21.2. The van der Waals surface area contributed by atoms with Crippen LogP contribution < -0.4 is 19.9 Å². The zero-order chi connectivity index (χ0) is 21.5. The summed E-state index contributed by atoms with van der Waals surface area (Å²) in [4.78, 5) is 24.4. The van der Waals surface area contributed by atoms with Crippen LogP contribution in [-0.2, 0) is 22.5 Å². The number of esters is 1. The van der Waals surface area contributed by atoms with Gasteiger partial charge in [-0.05, 0) is 30.5 Å². The van der Waals surface area contributed by atoms with E-state index in [1.165, 1.54) is 6.33 Å². The minimum atomic E-state index is -0.272. The summed E-state index contributed by atoms with van der Waals surface area (Å²) in [6.07, 6.45) is 4.43. The van der Waals surface area contributed by atoms with E-state index < -0.39 is 0 Å². The number of hydrogen-bond donors (Lipinski definition) is 1. The third-order valence-electron chi connectivity index (χ3n) is 4.58. The standard InChI is InChI=1S/C20H25N5O5/c1-27-14-9-13(10-15(28-2)18(14)29-3)5-6-16(26)30-8-4-7-25-12-24-17-19(21)22-11-23-20(17)25/h9-12H,4-8H2,1-3H3,(H2,21,22,23). The fourth-order valence-electron chi connectivity index (χ4n) is 3.08.